The second kappa shape index (κ2) is 5.47. The van der Waals surface area contributed by atoms with Crippen molar-refractivity contribution < 1.29 is 4.79 Å². The van der Waals surface area contributed by atoms with Gasteiger partial charge in [-0.3, -0.25) is 4.79 Å². The molecule has 1 heterocycles. The number of carbonyl (C=O) groups is 1. The molecule has 1 rings (SSSR count). The Labute approximate surface area is 85.1 Å². The molecule has 3 nitrogen and oxygen atoms in total. The highest BCUT2D eigenvalue weighted by Gasteiger charge is 2.08. The molecule has 1 N–H and O–H groups in total. The summed E-state index contributed by atoms with van der Waals surface area (Å²) in [7, 11) is 0. The minimum Gasteiger partial charge on any atom is -0.364 e. The minimum absolute atomic E-state index is 0.146. The molecular formula is C11H18N2O. The Kier molecular flexibility index (Phi) is 4.23. The molecule has 1 aromatic heterocycles. The first-order valence-corrected chi connectivity index (χ1v) is 5.11. The Morgan fingerprint density at radius 2 is 2.36 bits per heavy atom. The Hall–Kier alpha value is -1.25. The zero-order valence-electron chi connectivity index (χ0n) is 8.92. The average Bonchev–Trinajstić information content (AvgIpc) is 2.64. The van der Waals surface area contributed by atoms with E-state index in [1.807, 2.05) is 23.2 Å². The summed E-state index contributed by atoms with van der Waals surface area (Å²) in [5, 5.41) is 0. The lowest BCUT2D eigenvalue weighted by Gasteiger charge is -2.19. The molecule has 1 amide bonds. The maximum Gasteiger partial charge on any atom is 0.219 e. The normalized spacial score (nSPS) is 10.1. The van der Waals surface area contributed by atoms with Gasteiger partial charge in [-0.25, -0.2) is 0 Å². The molecule has 1 aromatic rings. The van der Waals surface area contributed by atoms with Crippen LogP contribution in [0.15, 0.2) is 18.3 Å². The molecule has 78 valence electrons. The van der Waals surface area contributed by atoms with Crippen molar-refractivity contribution in [2.75, 3.05) is 6.54 Å². The summed E-state index contributed by atoms with van der Waals surface area (Å²) in [5.74, 6) is 0.146. The van der Waals surface area contributed by atoms with Gasteiger partial charge in [0.15, 0.2) is 0 Å². The Morgan fingerprint density at radius 1 is 1.57 bits per heavy atom. The van der Waals surface area contributed by atoms with E-state index < -0.39 is 0 Å². The molecule has 0 fully saturated rings. The van der Waals surface area contributed by atoms with Crippen LogP contribution >= 0.6 is 0 Å². The molecule has 0 aliphatic carbocycles. The second-order valence-corrected chi connectivity index (χ2v) is 3.49. The van der Waals surface area contributed by atoms with Crippen molar-refractivity contribution in [2.45, 2.75) is 33.2 Å². The summed E-state index contributed by atoms with van der Waals surface area (Å²) in [6, 6.07) is 3.95. The topological polar surface area (TPSA) is 36.1 Å². The molecule has 0 aliphatic heterocycles. The zero-order valence-corrected chi connectivity index (χ0v) is 8.92. The summed E-state index contributed by atoms with van der Waals surface area (Å²) < 4.78 is 0. The van der Waals surface area contributed by atoms with Gasteiger partial charge in [0, 0.05) is 25.4 Å². The molecule has 0 saturated heterocycles. The van der Waals surface area contributed by atoms with Gasteiger partial charge in [-0.2, -0.15) is 0 Å². The van der Waals surface area contributed by atoms with E-state index in [0.29, 0.717) is 6.54 Å². The van der Waals surface area contributed by atoms with Crippen LogP contribution < -0.4 is 0 Å². The molecule has 0 aromatic carbocycles. The maximum atomic E-state index is 11.3. The molecular weight excluding hydrogens is 176 g/mol. The van der Waals surface area contributed by atoms with E-state index in [9.17, 15) is 4.79 Å². The van der Waals surface area contributed by atoms with Crippen molar-refractivity contribution in [3.05, 3.63) is 24.0 Å². The van der Waals surface area contributed by atoms with E-state index in [1.54, 1.807) is 6.92 Å². The first-order chi connectivity index (χ1) is 6.74. The Balaban J connectivity index is 2.47. The fraction of sp³-hybridized carbons (Fsp3) is 0.545. The molecule has 0 spiro atoms. The molecule has 0 aliphatic rings. The van der Waals surface area contributed by atoms with Crippen molar-refractivity contribution in [1.82, 2.24) is 9.88 Å². The van der Waals surface area contributed by atoms with Crippen LogP contribution in [0, 0.1) is 0 Å². The van der Waals surface area contributed by atoms with Crippen LogP contribution in [0.3, 0.4) is 0 Å². The van der Waals surface area contributed by atoms with Crippen LogP contribution in [0.25, 0.3) is 0 Å². The van der Waals surface area contributed by atoms with Crippen molar-refractivity contribution in [1.29, 1.82) is 0 Å². The maximum absolute atomic E-state index is 11.3. The van der Waals surface area contributed by atoms with Gasteiger partial charge in [0.05, 0.1) is 6.54 Å². The number of hydrogen-bond acceptors (Lipinski definition) is 1. The van der Waals surface area contributed by atoms with Gasteiger partial charge < -0.3 is 9.88 Å². The molecule has 0 atom stereocenters. The van der Waals surface area contributed by atoms with Crippen LogP contribution in [-0.2, 0) is 11.3 Å². The third kappa shape index (κ3) is 3.24. The predicted octanol–water partition coefficient (Wildman–Crippen LogP) is 2.16. The minimum atomic E-state index is 0.146. The SMILES string of the molecule is CCCCN(Cc1ccc[nH]1)C(C)=O. The van der Waals surface area contributed by atoms with Crippen LogP contribution in [0.4, 0.5) is 0 Å². The Bertz CT molecular complexity index is 267. The van der Waals surface area contributed by atoms with Gasteiger partial charge in [0.1, 0.15) is 0 Å². The quantitative estimate of drug-likeness (QED) is 0.766. The number of nitrogens with one attached hydrogen (secondary N) is 1. The smallest absolute Gasteiger partial charge is 0.219 e. The number of aromatic nitrogens is 1. The van der Waals surface area contributed by atoms with Gasteiger partial charge in [-0.1, -0.05) is 13.3 Å². The van der Waals surface area contributed by atoms with Crippen LogP contribution in [0.2, 0.25) is 0 Å². The van der Waals surface area contributed by atoms with Gasteiger partial charge in [0.25, 0.3) is 0 Å². The number of unbranched alkanes of at least 4 members (excludes halogenated alkanes) is 1. The van der Waals surface area contributed by atoms with E-state index in [2.05, 4.69) is 11.9 Å². The molecule has 0 radical (unpaired) electrons. The number of H-pyrrole nitrogens is 1. The van der Waals surface area contributed by atoms with Crippen molar-refractivity contribution >= 4 is 5.91 Å². The number of aromatic amines is 1. The largest absolute Gasteiger partial charge is 0.364 e. The summed E-state index contributed by atoms with van der Waals surface area (Å²) >= 11 is 0. The molecule has 14 heavy (non-hydrogen) atoms. The van der Waals surface area contributed by atoms with Gasteiger partial charge in [0.2, 0.25) is 5.91 Å². The third-order valence-electron chi connectivity index (χ3n) is 2.25. The summed E-state index contributed by atoms with van der Waals surface area (Å²) in [6.45, 7) is 5.30. The molecule has 0 bridgehead atoms. The number of carbonyl (C=O) groups excluding carboxylic acids is 1. The van der Waals surface area contributed by atoms with E-state index in [4.69, 9.17) is 0 Å². The standard InChI is InChI=1S/C11H18N2O/c1-3-4-8-13(10(2)14)9-11-6-5-7-12-11/h5-7,12H,3-4,8-9H2,1-2H3. The molecule has 3 heteroatoms. The predicted molar refractivity (Wildman–Crippen MR) is 56.8 cm³/mol. The second-order valence-electron chi connectivity index (χ2n) is 3.49. The number of hydrogen-bond donors (Lipinski definition) is 1. The highest BCUT2D eigenvalue weighted by molar-refractivity contribution is 5.73. The van der Waals surface area contributed by atoms with Gasteiger partial charge in [-0.15, -0.1) is 0 Å². The summed E-state index contributed by atoms with van der Waals surface area (Å²) in [5.41, 5.74) is 1.09. The van der Waals surface area contributed by atoms with Crippen molar-refractivity contribution in [3.8, 4) is 0 Å². The number of nitrogens with zero attached hydrogens (tertiary/aromatic N) is 1. The van der Waals surface area contributed by atoms with Crippen LogP contribution in [0.1, 0.15) is 32.4 Å². The summed E-state index contributed by atoms with van der Waals surface area (Å²) in [6.07, 6.45) is 4.07. The molecule has 0 unspecified atom stereocenters. The average molecular weight is 194 g/mol. The lowest BCUT2D eigenvalue weighted by Crippen LogP contribution is -2.29. The van der Waals surface area contributed by atoms with Gasteiger partial charge in [-0.05, 0) is 18.6 Å². The molecule has 0 saturated carbocycles. The number of rotatable bonds is 5. The monoisotopic (exact) mass is 194 g/mol. The Morgan fingerprint density at radius 3 is 2.86 bits per heavy atom. The highest BCUT2D eigenvalue weighted by atomic mass is 16.2. The first kappa shape index (κ1) is 10.8. The van der Waals surface area contributed by atoms with E-state index >= 15 is 0 Å². The van der Waals surface area contributed by atoms with Crippen LogP contribution in [-0.4, -0.2) is 22.3 Å². The zero-order chi connectivity index (χ0) is 10.4. The fourth-order valence-corrected chi connectivity index (χ4v) is 1.37. The van der Waals surface area contributed by atoms with Crippen molar-refractivity contribution in [3.63, 3.8) is 0 Å². The fourth-order valence-electron chi connectivity index (χ4n) is 1.37. The van der Waals surface area contributed by atoms with E-state index in [-0.39, 0.29) is 5.91 Å². The summed E-state index contributed by atoms with van der Waals surface area (Å²) in [4.78, 5) is 16.3. The van der Waals surface area contributed by atoms with Crippen LogP contribution in [0.5, 0.6) is 0 Å². The number of amides is 1. The van der Waals surface area contributed by atoms with E-state index in [1.165, 1.54) is 0 Å². The van der Waals surface area contributed by atoms with Gasteiger partial charge >= 0.3 is 0 Å². The first-order valence-electron chi connectivity index (χ1n) is 5.11. The highest BCUT2D eigenvalue weighted by Crippen LogP contribution is 2.03. The van der Waals surface area contributed by atoms with E-state index in [0.717, 1.165) is 25.1 Å². The third-order valence-corrected chi connectivity index (χ3v) is 2.25. The van der Waals surface area contributed by atoms with Crippen molar-refractivity contribution in [2.24, 2.45) is 0 Å². The lowest BCUT2D eigenvalue weighted by molar-refractivity contribution is -0.129. The lowest BCUT2D eigenvalue weighted by atomic mass is 10.3.